The van der Waals surface area contributed by atoms with E-state index in [1.165, 1.54) is 12.8 Å². The van der Waals surface area contributed by atoms with E-state index in [9.17, 15) is 4.79 Å². The molecule has 19 heavy (non-hydrogen) atoms. The Hall–Kier alpha value is -0.570. The van der Waals surface area contributed by atoms with Crippen molar-refractivity contribution in [1.29, 1.82) is 0 Å². The molecular formula is C16H34N2O. The monoisotopic (exact) mass is 270 g/mol. The molecule has 1 atom stereocenters. The third-order valence-corrected chi connectivity index (χ3v) is 4.00. The SMILES string of the molecule is CCCCC(C)(NCC(CC)CC)C(=O)NCCC. The summed E-state index contributed by atoms with van der Waals surface area (Å²) in [5.41, 5.74) is -0.409. The van der Waals surface area contributed by atoms with Gasteiger partial charge in [0.05, 0.1) is 5.54 Å². The minimum Gasteiger partial charge on any atom is -0.355 e. The van der Waals surface area contributed by atoms with Crippen LogP contribution < -0.4 is 10.6 Å². The minimum absolute atomic E-state index is 0.161. The van der Waals surface area contributed by atoms with E-state index in [1.54, 1.807) is 0 Å². The van der Waals surface area contributed by atoms with Crippen molar-refractivity contribution in [2.24, 2.45) is 5.92 Å². The molecule has 0 aliphatic heterocycles. The molecule has 0 rings (SSSR count). The van der Waals surface area contributed by atoms with Crippen molar-refractivity contribution in [3.63, 3.8) is 0 Å². The van der Waals surface area contributed by atoms with Crippen LogP contribution in [-0.2, 0) is 4.79 Å². The minimum atomic E-state index is -0.409. The molecule has 0 aromatic carbocycles. The van der Waals surface area contributed by atoms with Gasteiger partial charge in [-0.15, -0.1) is 0 Å². The van der Waals surface area contributed by atoms with Crippen LogP contribution in [-0.4, -0.2) is 24.5 Å². The van der Waals surface area contributed by atoms with Gasteiger partial charge in [-0.3, -0.25) is 4.79 Å². The molecule has 1 amide bonds. The van der Waals surface area contributed by atoms with Crippen LogP contribution in [0, 0.1) is 5.92 Å². The van der Waals surface area contributed by atoms with Gasteiger partial charge in [0.2, 0.25) is 5.91 Å². The zero-order valence-corrected chi connectivity index (χ0v) is 13.6. The predicted molar refractivity (Wildman–Crippen MR) is 83.3 cm³/mol. The molecule has 0 heterocycles. The third-order valence-electron chi connectivity index (χ3n) is 4.00. The second kappa shape index (κ2) is 10.2. The zero-order valence-electron chi connectivity index (χ0n) is 13.6. The number of hydrogen-bond acceptors (Lipinski definition) is 2. The molecule has 1 unspecified atom stereocenters. The molecule has 0 aliphatic rings. The van der Waals surface area contributed by atoms with Gasteiger partial charge in [0.1, 0.15) is 0 Å². The molecule has 114 valence electrons. The van der Waals surface area contributed by atoms with Gasteiger partial charge in [-0.05, 0) is 32.2 Å². The molecule has 3 heteroatoms. The fraction of sp³-hybridized carbons (Fsp3) is 0.938. The van der Waals surface area contributed by atoms with Gasteiger partial charge in [-0.25, -0.2) is 0 Å². The fourth-order valence-corrected chi connectivity index (χ4v) is 2.19. The highest BCUT2D eigenvalue weighted by atomic mass is 16.2. The van der Waals surface area contributed by atoms with Crippen molar-refractivity contribution in [3.05, 3.63) is 0 Å². The first-order chi connectivity index (χ1) is 9.03. The van der Waals surface area contributed by atoms with Crippen LogP contribution in [0.1, 0.15) is 73.1 Å². The molecule has 0 saturated heterocycles. The Morgan fingerprint density at radius 1 is 1.11 bits per heavy atom. The maximum Gasteiger partial charge on any atom is 0.240 e. The summed E-state index contributed by atoms with van der Waals surface area (Å²) in [6, 6.07) is 0. The van der Waals surface area contributed by atoms with Gasteiger partial charge in [0.15, 0.2) is 0 Å². The highest BCUT2D eigenvalue weighted by molar-refractivity contribution is 5.85. The lowest BCUT2D eigenvalue weighted by Crippen LogP contribution is -2.56. The van der Waals surface area contributed by atoms with Crippen LogP contribution in [0.4, 0.5) is 0 Å². The molecule has 0 aromatic rings. The Bertz CT molecular complexity index is 239. The topological polar surface area (TPSA) is 41.1 Å². The van der Waals surface area contributed by atoms with Crippen molar-refractivity contribution in [3.8, 4) is 0 Å². The second-order valence-corrected chi connectivity index (χ2v) is 5.75. The van der Waals surface area contributed by atoms with Crippen molar-refractivity contribution in [2.75, 3.05) is 13.1 Å². The first kappa shape index (κ1) is 18.4. The van der Waals surface area contributed by atoms with Crippen LogP contribution in [0.25, 0.3) is 0 Å². The second-order valence-electron chi connectivity index (χ2n) is 5.75. The van der Waals surface area contributed by atoms with Crippen molar-refractivity contribution >= 4 is 5.91 Å². The smallest absolute Gasteiger partial charge is 0.240 e. The molecule has 0 radical (unpaired) electrons. The van der Waals surface area contributed by atoms with E-state index < -0.39 is 5.54 Å². The van der Waals surface area contributed by atoms with E-state index >= 15 is 0 Å². The lowest BCUT2D eigenvalue weighted by molar-refractivity contribution is -0.127. The normalized spacial score (nSPS) is 14.4. The molecule has 3 nitrogen and oxygen atoms in total. The standard InChI is InChI=1S/C16H34N2O/c1-6-10-11-16(5,15(19)17-12-7-2)18-13-14(8-3)9-4/h14,18H,6-13H2,1-5H3,(H,17,19). The Labute approximate surface area is 119 Å². The lowest BCUT2D eigenvalue weighted by atomic mass is 9.92. The number of rotatable bonds is 11. The summed E-state index contributed by atoms with van der Waals surface area (Å²) in [5, 5.41) is 6.57. The highest BCUT2D eigenvalue weighted by Gasteiger charge is 2.31. The third kappa shape index (κ3) is 6.95. The van der Waals surface area contributed by atoms with E-state index in [-0.39, 0.29) is 5.91 Å². The van der Waals surface area contributed by atoms with Gasteiger partial charge < -0.3 is 10.6 Å². The Morgan fingerprint density at radius 2 is 1.74 bits per heavy atom. The summed E-state index contributed by atoms with van der Waals surface area (Å²) in [4.78, 5) is 12.3. The van der Waals surface area contributed by atoms with Crippen LogP contribution in [0.15, 0.2) is 0 Å². The van der Waals surface area contributed by atoms with E-state index in [0.717, 1.165) is 38.8 Å². The van der Waals surface area contributed by atoms with Crippen LogP contribution in [0.2, 0.25) is 0 Å². The van der Waals surface area contributed by atoms with E-state index in [4.69, 9.17) is 0 Å². The number of hydrogen-bond donors (Lipinski definition) is 2. The number of nitrogens with one attached hydrogen (secondary N) is 2. The largest absolute Gasteiger partial charge is 0.355 e. The summed E-state index contributed by atoms with van der Waals surface area (Å²) in [5.74, 6) is 0.827. The summed E-state index contributed by atoms with van der Waals surface area (Å²) in [6.45, 7) is 12.5. The molecule has 0 spiro atoms. The number of carbonyl (C=O) groups is 1. The van der Waals surface area contributed by atoms with Crippen molar-refractivity contribution in [2.45, 2.75) is 78.7 Å². The zero-order chi connectivity index (χ0) is 14.7. The Kier molecular flexibility index (Phi) is 9.94. The molecular weight excluding hydrogens is 236 g/mol. The molecule has 0 bridgehead atoms. The average Bonchev–Trinajstić information content (AvgIpc) is 2.43. The fourth-order valence-electron chi connectivity index (χ4n) is 2.19. The van der Waals surface area contributed by atoms with E-state index in [0.29, 0.717) is 5.92 Å². The van der Waals surface area contributed by atoms with Gasteiger partial charge in [-0.2, -0.15) is 0 Å². The molecule has 0 aliphatic carbocycles. The average molecular weight is 270 g/mol. The van der Waals surface area contributed by atoms with Crippen LogP contribution in [0.5, 0.6) is 0 Å². The van der Waals surface area contributed by atoms with Crippen LogP contribution >= 0.6 is 0 Å². The van der Waals surface area contributed by atoms with Crippen molar-refractivity contribution < 1.29 is 4.79 Å². The summed E-state index contributed by atoms with van der Waals surface area (Å²) in [7, 11) is 0. The van der Waals surface area contributed by atoms with Gasteiger partial charge >= 0.3 is 0 Å². The first-order valence-electron chi connectivity index (χ1n) is 8.07. The predicted octanol–water partition coefficient (Wildman–Crippen LogP) is 3.49. The maximum absolute atomic E-state index is 12.3. The van der Waals surface area contributed by atoms with Gasteiger partial charge in [0.25, 0.3) is 0 Å². The Balaban J connectivity index is 4.52. The molecule has 2 N–H and O–H groups in total. The van der Waals surface area contributed by atoms with E-state index in [2.05, 4.69) is 45.3 Å². The number of carbonyl (C=O) groups excluding carboxylic acids is 1. The van der Waals surface area contributed by atoms with Crippen LogP contribution in [0.3, 0.4) is 0 Å². The first-order valence-corrected chi connectivity index (χ1v) is 8.07. The molecule has 0 fully saturated rings. The van der Waals surface area contributed by atoms with Gasteiger partial charge in [0, 0.05) is 6.54 Å². The summed E-state index contributed by atoms with van der Waals surface area (Å²) >= 11 is 0. The number of amides is 1. The van der Waals surface area contributed by atoms with Crippen molar-refractivity contribution in [1.82, 2.24) is 10.6 Å². The quantitative estimate of drug-likeness (QED) is 0.603. The van der Waals surface area contributed by atoms with E-state index in [1.807, 2.05) is 0 Å². The lowest BCUT2D eigenvalue weighted by Gasteiger charge is -2.31. The summed E-state index contributed by atoms with van der Waals surface area (Å²) in [6.07, 6.45) is 6.46. The Morgan fingerprint density at radius 3 is 2.21 bits per heavy atom. The highest BCUT2D eigenvalue weighted by Crippen LogP contribution is 2.16. The maximum atomic E-state index is 12.3. The number of unbranched alkanes of at least 4 members (excludes halogenated alkanes) is 1. The molecule has 0 aromatic heterocycles. The summed E-state index contributed by atoms with van der Waals surface area (Å²) < 4.78 is 0. The molecule has 0 saturated carbocycles. The van der Waals surface area contributed by atoms with Gasteiger partial charge in [-0.1, -0.05) is 53.4 Å².